The lowest BCUT2D eigenvalue weighted by molar-refractivity contribution is -0.126. The number of nitrogens with two attached hydrogens (primary N) is 1. The smallest absolute Gasteiger partial charge is 0.239 e. The molecule has 1 aliphatic rings. The van der Waals surface area contributed by atoms with Gasteiger partial charge in [0.15, 0.2) is 0 Å². The molecular weight excluding hydrogens is 214 g/mol. The summed E-state index contributed by atoms with van der Waals surface area (Å²) in [5.74, 6) is -0.0276. The van der Waals surface area contributed by atoms with Crippen LogP contribution in [0.4, 0.5) is 0 Å². The minimum Gasteiger partial charge on any atom is -0.354 e. The van der Waals surface area contributed by atoms with Crippen molar-refractivity contribution in [3.63, 3.8) is 0 Å². The van der Waals surface area contributed by atoms with E-state index >= 15 is 0 Å². The van der Waals surface area contributed by atoms with E-state index in [9.17, 15) is 4.79 Å². The van der Waals surface area contributed by atoms with Gasteiger partial charge in [-0.15, -0.1) is 0 Å². The molecule has 3 N–H and O–H groups in total. The summed E-state index contributed by atoms with van der Waals surface area (Å²) in [5, 5.41) is 3.02. The van der Waals surface area contributed by atoms with Gasteiger partial charge in [-0.3, -0.25) is 4.79 Å². The molecule has 1 heterocycles. The fraction of sp³-hybridized carbons (Fsp3) is 0.923. The van der Waals surface area contributed by atoms with E-state index in [1.54, 1.807) is 6.92 Å². The summed E-state index contributed by atoms with van der Waals surface area (Å²) in [6.07, 6.45) is 2.94. The number of hydrogen-bond acceptors (Lipinski definition) is 3. The summed E-state index contributed by atoms with van der Waals surface area (Å²) >= 11 is 0. The summed E-state index contributed by atoms with van der Waals surface area (Å²) in [7, 11) is 2.15. The number of amides is 1. The third-order valence-electron chi connectivity index (χ3n) is 4.12. The Balaban J connectivity index is 2.42. The molecule has 0 bridgehead atoms. The molecule has 1 amide bonds. The SMILES string of the molecule is CCC(C)(N)C(=O)NCC1(C)CCN(C)CC1. The predicted octanol–water partition coefficient (Wildman–Crippen LogP) is 0.962. The summed E-state index contributed by atoms with van der Waals surface area (Å²) in [6.45, 7) is 8.95. The second-order valence-electron chi connectivity index (χ2n) is 6.07. The molecule has 0 radical (unpaired) electrons. The molecule has 0 spiro atoms. The van der Waals surface area contributed by atoms with Gasteiger partial charge in [0.1, 0.15) is 0 Å². The van der Waals surface area contributed by atoms with Gasteiger partial charge in [0.2, 0.25) is 5.91 Å². The maximum atomic E-state index is 11.9. The van der Waals surface area contributed by atoms with Gasteiger partial charge >= 0.3 is 0 Å². The Morgan fingerprint density at radius 2 is 2.00 bits per heavy atom. The highest BCUT2D eigenvalue weighted by Crippen LogP contribution is 2.29. The van der Waals surface area contributed by atoms with Gasteiger partial charge in [0.25, 0.3) is 0 Å². The van der Waals surface area contributed by atoms with E-state index in [0.29, 0.717) is 6.42 Å². The second-order valence-corrected chi connectivity index (χ2v) is 6.07. The highest BCUT2D eigenvalue weighted by molar-refractivity contribution is 5.85. The van der Waals surface area contributed by atoms with Crippen LogP contribution in [-0.2, 0) is 4.79 Å². The number of likely N-dealkylation sites (tertiary alicyclic amines) is 1. The first kappa shape index (κ1) is 14.5. The molecule has 0 saturated carbocycles. The molecule has 0 aromatic rings. The zero-order chi connectivity index (χ0) is 13.1. The average Bonchev–Trinajstić information content (AvgIpc) is 2.30. The van der Waals surface area contributed by atoms with Gasteiger partial charge < -0.3 is 16.0 Å². The second kappa shape index (κ2) is 5.36. The third kappa shape index (κ3) is 3.96. The quantitative estimate of drug-likeness (QED) is 0.771. The predicted molar refractivity (Wildman–Crippen MR) is 70.7 cm³/mol. The van der Waals surface area contributed by atoms with Crippen molar-refractivity contribution in [3.05, 3.63) is 0 Å². The van der Waals surface area contributed by atoms with Crippen molar-refractivity contribution in [2.45, 2.75) is 45.6 Å². The Morgan fingerprint density at radius 1 is 1.47 bits per heavy atom. The van der Waals surface area contributed by atoms with E-state index in [2.05, 4.69) is 24.2 Å². The van der Waals surface area contributed by atoms with Crippen molar-refractivity contribution >= 4 is 5.91 Å². The van der Waals surface area contributed by atoms with Crippen molar-refractivity contribution in [1.82, 2.24) is 10.2 Å². The van der Waals surface area contributed by atoms with E-state index < -0.39 is 5.54 Å². The molecule has 4 heteroatoms. The fourth-order valence-corrected chi connectivity index (χ4v) is 1.99. The van der Waals surface area contributed by atoms with Crippen LogP contribution in [0.1, 0.15) is 40.0 Å². The molecule has 0 aromatic heterocycles. The van der Waals surface area contributed by atoms with Crippen LogP contribution in [0.3, 0.4) is 0 Å². The topological polar surface area (TPSA) is 58.4 Å². The lowest BCUT2D eigenvalue weighted by atomic mass is 9.80. The minimum absolute atomic E-state index is 0.0276. The highest BCUT2D eigenvalue weighted by atomic mass is 16.2. The Bertz CT molecular complexity index is 268. The monoisotopic (exact) mass is 241 g/mol. The first-order valence-electron chi connectivity index (χ1n) is 6.55. The average molecular weight is 241 g/mol. The highest BCUT2D eigenvalue weighted by Gasteiger charge is 2.32. The standard InChI is InChI=1S/C13H27N3O/c1-5-13(3,14)11(17)15-10-12(2)6-8-16(4)9-7-12/h5-10,14H2,1-4H3,(H,15,17). The molecule has 1 aliphatic heterocycles. The van der Waals surface area contributed by atoms with Gasteiger partial charge in [-0.05, 0) is 51.7 Å². The van der Waals surface area contributed by atoms with Gasteiger partial charge in [-0.25, -0.2) is 0 Å². The van der Waals surface area contributed by atoms with E-state index in [0.717, 1.165) is 32.5 Å². The molecule has 17 heavy (non-hydrogen) atoms. The summed E-state index contributed by atoms with van der Waals surface area (Å²) in [4.78, 5) is 14.2. The van der Waals surface area contributed by atoms with E-state index in [-0.39, 0.29) is 11.3 Å². The molecule has 1 rings (SSSR count). The Hall–Kier alpha value is -0.610. The van der Waals surface area contributed by atoms with Crippen molar-refractivity contribution in [1.29, 1.82) is 0 Å². The zero-order valence-corrected chi connectivity index (χ0v) is 11.7. The van der Waals surface area contributed by atoms with E-state index in [4.69, 9.17) is 5.73 Å². The maximum absolute atomic E-state index is 11.9. The number of carbonyl (C=O) groups is 1. The van der Waals surface area contributed by atoms with Crippen LogP contribution in [0.2, 0.25) is 0 Å². The molecule has 0 aliphatic carbocycles. The zero-order valence-electron chi connectivity index (χ0n) is 11.7. The summed E-state index contributed by atoms with van der Waals surface area (Å²) < 4.78 is 0. The number of rotatable bonds is 4. The van der Waals surface area contributed by atoms with Crippen LogP contribution in [-0.4, -0.2) is 43.0 Å². The van der Waals surface area contributed by atoms with Crippen molar-refractivity contribution in [3.8, 4) is 0 Å². The maximum Gasteiger partial charge on any atom is 0.239 e. The van der Waals surface area contributed by atoms with Crippen LogP contribution in [0, 0.1) is 5.41 Å². The van der Waals surface area contributed by atoms with Gasteiger partial charge in [-0.1, -0.05) is 13.8 Å². The van der Waals surface area contributed by atoms with E-state index in [1.807, 2.05) is 6.92 Å². The molecule has 1 saturated heterocycles. The number of nitrogens with zero attached hydrogens (tertiary/aromatic N) is 1. The molecule has 100 valence electrons. The number of piperidine rings is 1. The van der Waals surface area contributed by atoms with Crippen molar-refractivity contribution in [2.24, 2.45) is 11.1 Å². The number of carbonyl (C=O) groups excluding carboxylic acids is 1. The molecule has 4 nitrogen and oxygen atoms in total. The Kier molecular flexibility index (Phi) is 4.55. The summed E-state index contributed by atoms with van der Waals surface area (Å²) in [6, 6.07) is 0. The van der Waals surface area contributed by atoms with Gasteiger partial charge in [0, 0.05) is 6.54 Å². The van der Waals surface area contributed by atoms with Crippen LogP contribution in [0.5, 0.6) is 0 Å². The first-order valence-corrected chi connectivity index (χ1v) is 6.55. The van der Waals surface area contributed by atoms with Crippen LogP contribution in [0.15, 0.2) is 0 Å². The largest absolute Gasteiger partial charge is 0.354 e. The van der Waals surface area contributed by atoms with Gasteiger partial charge in [-0.2, -0.15) is 0 Å². The van der Waals surface area contributed by atoms with Crippen LogP contribution < -0.4 is 11.1 Å². The van der Waals surface area contributed by atoms with Crippen molar-refractivity contribution < 1.29 is 4.79 Å². The molecule has 1 fully saturated rings. The lowest BCUT2D eigenvalue weighted by Gasteiger charge is -2.38. The van der Waals surface area contributed by atoms with Gasteiger partial charge in [0.05, 0.1) is 5.54 Å². The Labute approximate surface area is 105 Å². The lowest BCUT2D eigenvalue weighted by Crippen LogP contribution is -2.54. The van der Waals surface area contributed by atoms with Crippen LogP contribution in [0.25, 0.3) is 0 Å². The van der Waals surface area contributed by atoms with Crippen LogP contribution >= 0.6 is 0 Å². The van der Waals surface area contributed by atoms with Crippen molar-refractivity contribution in [2.75, 3.05) is 26.7 Å². The molecule has 1 atom stereocenters. The number of nitrogens with one attached hydrogen (secondary N) is 1. The van der Waals surface area contributed by atoms with E-state index in [1.165, 1.54) is 0 Å². The summed E-state index contributed by atoms with van der Waals surface area (Å²) in [5.41, 5.74) is 5.41. The first-order chi connectivity index (χ1) is 7.79. The third-order valence-corrected chi connectivity index (χ3v) is 4.12. The fourth-order valence-electron chi connectivity index (χ4n) is 1.99. The Morgan fingerprint density at radius 3 is 2.47 bits per heavy atom. The number of hydrogen-bond donors (Lipinski definition) is 2. The molecular formula is C13H27N3O. The molecule has 0 aromatic carbocycles. The normalized spacial score (nSPS) is 24.1. The molecule has 1 unspecified atom stereocenters. The minimum atomic E-state index is -0.734.